The van der Waals surface area contributed by atoms with Crippen LogP contribution in [0.25, 0.3) is 0 Å². The number of amides is 1. The van der Waals surface area contributed by atoms with Crippen molar-refractivity contribution in [3.05, 3.63) is 82.0 Å². The van der Waals surface area contributed by atoms with E-state index < -0.39 is 0 Å². The maximum absolute atomic E-state index is 12.9. The van der Waals surface area contributed by atoms with Crippen LogP contribution in [0.2, 0.25) is 0 Å². The summed E-state index contributed by atoms with van der Waals surface area (Å²) in [4.78, 5) is 23.4. The lowest BCUT2D eigenvalue weighted by atomic mass is 9.95. The molecule has 1 atom stereocenters. The number of hydrogen-bond donors (Lipinski definition) is 1. The number of pyridine rings is 1. The monoisotopic (exact) mass is 420 g/mol. The minimum Gasteiger partial charge on any atom is -0.313 e. The number of hydrogen-bond acceptors (Lipinski definition) is 5. The number of piperazine rings is 1. The number of benzene rings is 1. The summed E-state index contributed by atoms with van der Waals surface area (Å²) in [5.41, 5.74) is 4.28. The fourth-order valence-corrected chi connectivity index (χ4v) is 5.10. The number of anilines is 1. The van der Waals surface area contributed by atoms with Gasteiger partial charge in [0.05, 0.1) is 6.04 Å². The van der Waals surface area contributed by atoms with Crippen molar-refractivity contribution in [3.63, 3.8) is 0 Å². The van der Waals surface area contributed by atoms with E-state index in [-0.39, 0.29) is 11.9 Å². The molecule has 1 aliphatic rings. The molecule has 5 nitrogen and oxygen atoms in total. The summed E-state index contributed by atoms with van der Waals surface area (Å²) < 4.78 is 0. The van der Waals surface area contributed by atoms with Gasteiger partial charge in [-0.25, -0.2) is 0 Å². The molecule has 1 amide bonds. The highest BCUT2D eigenvalue weighted by atomic mass is 32.1. The lowest BCUT2D eigenvalue weighted by Gasteiger charge is -2.38. The zero-order chi connectivity index (χ0) is 21.1. The van der Waals surface area contributed by atoms with Gasteiger partial charge in [-0.3, -0.25) is 14.7 Å². The summed E-state index contributed by atoms with van der Waals surface area (Å²) in [5, 5.41) is 4.15. The average Bonchev–Trinajstić information content (AvgIpc) is 3.04. The Kier molecular flexibility index (Phi) is 6.27. The van der Waals surface area contributed by atoms with Crippen molar-refractivity contribution in [1.29, 1.82) is 0 Å². The van der Waals surface area contributed by atoms with E-state index in [1.165, 1.54) is 16.0 Å². The van der Waals surface area contributed by atoms with E-state index in [2.05, 4.69) is 47.1 Å². The second-order valence-corrected chi connectivity index (χ2v) is 9.10. The van der Waals surface area contributed by atoms with E-state index in [0.29, 0.717) is 5.56 Å². The first kappa shape index (κ1) is 20.7. The van der Waals surface area contributed by atoms with Crippen molar-refractivity contribution in [2.24, 2.45) is 0 Å². The minimum absolute atomic E-state index is 0.0681. The van der Waals surface area contributed by atoms with Gasteiger partial charge in [0.15, 0.2) is 0 Å². The van der Waals surface area contributed by atoms with Crippen LogP contribution in [-0.2, 0) is 0 Å². The highest BCUT2D eigenvalue weighted by Crippen LogP contribution is 2.42. The topological polar surface area (TPSA) is 48.5 Å². The largest absolute Gasteiger partial charge is 0.313 e. The molecular formula is C24H28N4OS. The molecule has 3 aromatic rings. The van der Waals surface area contributed by atoms with E-state index in [1.807, 2.05) is 48.8 Å². The second-order valence-electron chi connectivity index (χ2n) is 7.87. The molecule has 3 heterocycles. The van der Waals surface area contributed by atoms with Crippen LogP contribution in [0.4, 0.5) is 5.00 Å². The Morgan fingerprint density at radius 3 is 2.47 bits per heavy atom. The SMILES string of the molecule is Cc1sc(NC(=O)c2ccccc2)c([C@@H](c2cccnc2)N2CCN(C)CC2)c1C. The van der Waals surface area contributed by atoms with Gasteiger partial charge in [0.2, 0.25) is 0 Å². The molecule has 0 radical (unpaired) electrons. The summed E-state index contributed by atoms with van der Waals surface area (Å²) in [6, 6.07) is 13.6. The van der Waals surface area contributed by atoms with Crippen molar-refractivity contribution in [1.82, 2.24) is 14.8 Å². The standard InChI is InChI=1S/C24H28N4OS/c1-17-18(2)30-24(26-23(29)19-8-5-4-6-9-19)21(17)22(20-10-7-11-25-16-20)28-14-12-27(3)13-15-28/h4-11,16,22H,12-15H2,1-3H3,(H,26,29)/t22-/m1/s1. The Morgan fingerprint density at radius 2 is 1.80 bits per heavy atom. The predicted molar refractivity (Wildman–Crippen MR) is 123 cm³/mol. The van der Waals surface area contributed by atoms with Crippen molar-refractivity contribution < 1.29 is 4.79 Å². The minimum atomic E-state index is -0.0681. The van der Waals surface area contributed by atoms with Crippen LogP contribution in [-0.4, -0.2) is 53.9 Å². The fourth-order valence-electron chi connectivity index (χ4n) is 4.01. The molecule has 0 aliphatic carbocycles. The number of carbonyl (C=O) groups is 1. The molecule has 0 saturated carbocycles. The lowest BCUT2D eigenvalue weighted by Crippen LogP contribution is -2.46. The summed E-state index contributed by atoms with van der Waals surface area (Å²) >= 11 is 1.66. The average molecular weight is 421 g/mol. The van der Waals surface area contributed by atoms with Gasteiger partial charge in [0, 0.05) is 54.6 Å². The van der Waals surface area contributed by atoms with Gasteiger partial charge in [-0.1, -0.05) is 24.3 Å². The van der Waals surface area contributed by atoms with E-state index in [9.17, 15) is 4.79 Å². The molecule has 2 aromatic heterocycles. The van der Waals surface area contributed by atoms with Gasteiger partial charge in [0.25, 0.3) is 5.91 Å². The van der Waals surface area contributed by atoms with Crippen LogP contribution < -0.4 is 5.32 Å². The molecule has 1 aromatic carbocycles. The lowest BCUT2D eigenvalue weighted by molar-refractivity contribution is 0.102. The first-order chi connectivity index (χ1) is 14.5. The Bertz CT molecular complexity index is 995. The molecule has 1 aliphatic heterocycles. The van der Waals surface area contributed by atoms with Gasteiger partial charge in [-0.2, -0.15) is 0 Å². The first-order valence-corrected chi connectivity index (χ1v) is 11.1. The van der Waals surface area contributed by atoms with Gasteiger partial charge in [0.1, 0.15) is 5.00 Å². The fraction of sp³-hybridized carbons (Fsp3) is 0.333. The van der Waals surface area contributed by atoms with Crippen LogP contribution >= 0.6 is 11.3 Å². The summed E-state index contributed by atoms with van der Waals surface area (Å²) in [5.74, 6) is -0.0681. The maximum Gasteiger partial charge on any atom is 0.256 e. The summed E-state index contributed by atoms with van der Waals surface area (Å²) in [6.07, 6.45) is 3.77. The molecule has 1 N–H and O–H groups in total. The summed E-state index contributed by atoms with van der Waals surface area (Å²) in [6.45, 7) is 8.33. The van der Waals surface area contributed by atoms with Crippen LogP contribution in [0.3, 0.4) is 0 Å². The van der Waals surface area contributed by atoms with E-state index >= 15 is 0 Å². The number of carbonyl (C=O) groups excluding carboxylic acids is 1. The highest BCUT2D eigenvalue weighted by molar-refractivity contribution is 7.16. The van der Waals surface area contributed by atoms with Crippen LogP contribution in [0.5, 0.6) is 0 Å². The quantitative estimate of drug-likeness (QED) is 0.667. The number of nitrogens with zero attached hydrogens (tertiary/aromatic N) is 3. The number of aryl methyl sites for hydroxylation is 1. The Hall–Kier alpha value is -2.54. The molecule has 156 valence electrons. The molecule has 30 heavy (non-hydrogen) atoms. The number of rotatable bonds is 5. The molecule has 0 bridgehead atoms. The van der Waals surface area contributed by atoms with Gasteiger partial charge >= 0.3 is 0 Å². The zero-order valence-electron chi connectivity index (χ0n) is 17.8. The van der Waals surface area contributed by atoms with Crippen LogP contribution in [0.15, 0.2) is 54.9 Å². The van der Waals surface area contributed by atoms with Crippen LogP contribution in [0.1, 0.15) is 38.0 Å². The normalized spacial score (nSPS) is 16.4. The maximum atomic E-state index is 12.9. The molecule has 4 rings (SSSR count). The van der Waals surface area contributed by atoms with Crippen molar-refractivity contribution in [2.75, 3.05) is 38.5 Å². The molecule has 0 spiro atoms. The number of thiophene rings is 1. The summed E-state index contributed by atoms with van der Waals surface area (Å²) in [7, 11) is 2.17. The first-order valence-electron chi connectivity index (χ1n) is 10.3. The van der Waals surface area contributed by atoms with E-state index in [0.717, 1.165) is 36.7 Å². The highest BCUT2D eigenvalue weighted by Gasteiger charge is 2.31. The Labute approximate surface area is 182 Å². The number of likely N-dealkylation sites (N-methyl/N-ethyl adjacent to an activating group) is 1. The van der Waals surface area contributed by atoms with E-state index in [4.69, 9.17) is 0 Å². The number of aromatic nitrogens is 1. The molecule has 0 unspecified atom stereocenters. The smallest absolute Gasteiger partial charge is 0.256 e. The van der Waals surface area contributed by atoms with E-state index in [1.54, 1.807) is 11.3 Å². The second kappa shape index (κ2) is 9.08. The molecule has 1 fully saturated rings. The Balaban J connectivity index is 1.74. The van der Waals surface area contributed by atoms with Crippen molar-refractivity contribution in [3.8, 4) is 0 Å². The zero-order valence-corrected chi connectivity index (χ0v) is 18.6. The number of nitrogens with one attached hydrogen (secondary N) is 1. The Morgan fingerprint density at radius 1 is 1.07 bits per heavy atom. The molecule has 1 saturated heterocycles. The van der Waals surface area contributed by atoms with Gasteiger partial charge in [-0.05, 0) is 50.2 Å². The third-order valence-corrected chi connectivity index (χ3v) is 7.01. The third-order valence-electron chi connectivity index (χ3n) is 5.87. The van der Waals surface area contributed by atoms with Gasteiger partial charge in [-0.15, -0.1) is 11.3 Å². The van der Waals surface area contributed by atoms with Crippen molar-refractivity contribution in [2.45, 2.75) is 19.9 Å². The predicted octanol–water partition coefficient (Wildman–Crippen LogP) is 4.35. The third kappa shape index (κ3) is 4.31. The van der Waals surface area contributed by atoms with Crippen LogP contribution in [0, 0.1) is 13.8 Å². The molecular weight excluding hydrogens is 392 g/mol. The van der Waals surface area contributed by atoms with Gasteiger partial charge < -0.3 is 10.2 Å². The molecule has 6 heteroatoms. The van der Waals surface area contributed by atoms with Crippen molar-refractivity contribution >= 4 is 22.2 Å².